The van der Waals surface area contributed by atoms with Gasteiger partial charge in [0, 0.05) is 24.2 Å². The van der Waals surface area contributed by atoms with Crippen LogP contribution in [0.3, 0.4) is 0 Å². The van der Waals surface area contributed by atoms with Gasteiger partial charge in [-0.25, -0.2) is 0 Å². The molecule has 2 aromatic rings. The van der Waals surface area contributed by atoms with Gasteiger partial charge in [-0.2, -0.15) is 0 Å². The van der Waals surface area contributed by atoms with E-state index >= 15 is 0 Å². The molecule has 1 heterocycles. The highest BCUT2D eigenvalue weighted by molar-refractivity contribution is 5.85. The van der Waals surface area contributed by atoms with E-state index in [-0.39, 0.29) is 17.9 Å². The molecule has 0 atom stereocenters. The van der Waals surface area contributed by atoms with E-state index in [0.29, 0.717) is 17.8 Å². The zero-order chi connectivity index (χ0) is 16.3. The Morgan fingerprint density at radius 1 is 1.27 bits per heavy atom. The van der Waals surface area contributed by atoms with E-state index in [9.17, 15) is 9.59 Å². The lowest BCUT2D eigenvalue weighted by atomic mass is 10.1. The van der Waals surface area contributed by atoms with Crippen molar-refractivity contribution >= 4 is 16.8 Å². The summed E-state index contributed by atoms with van der Waals surface area (Å²) in [5.41, 5.74) is 2.87. The highest BCUT2D eigenvalue weighted by atomic mass is 16.2. The third-order valence-corrected chi connectivity index (χ3v) is 3.78. The molecule has 0 aliphatic heterocycles. The van der Waals surface area contributed by atoms with E-state index in [2.05, 4.69) is 19.2 Å². The van der Waals surface area contributed by atoms with Gasteiger partial charge in [-0.15, -0.1) is 0 Å². The van der Waals surface area contributed by atoms with E-state index < -0.39 is 0 Å². The van der Waals surface area contributed by atoms with Crippen molar-refractivity contribution in [1.29, 1.82) is 0 Å². The van der Waals surface area contributed by atoms with E-state index in [1.165, 1.54) is 6.07 Å². The van der Waals surface area contributed by atoms with Crippen molar-refractivity contribution in [2.75, 3.05) is 6.54 Å². The monoisotopic (exact) mass is 300 g/mol. The molecule has 0 aliphatic carbocycles. The highest BCUT2D eigenvalue weighted by Crippen LogP contribution is 2.17. The molecule has 1 amide bonds. The molecule has 118 valence electrons. The lowest BCUT2D eigenvalue weighted by Gasteiger charge is -2.13. The fourth-order valence-electron chi connectivity index (χ4n) is 2.66. The molecule has 1 N–H and O–H groups in total. The number of aryl methyl sites for hydroxylation is 2. The largest absolute Gasteiger partial charge is 0.355 e. The van der Waals surface area contributed by atoms with E-state index in [1.54, 1.807) is 6.20 Å². The molecule has 0 fully saturated rings. The number of hydrogen-bond acceptors (Lipinski definition) is 2. The average molecular weight is 300 g/mol. The minimum absolute atomic E-state index is 0.00367. The number of nitrogens with one attached hydrogen (secondary N) is 1. The number of pyridine rings is 1. The van der Waals surface area contributed by atoms with Gasteiger partial charge in [0.05, 0.1) is 5.52 Å². The molecule has 1 aromatic heterocycles. The van der Waals surface area contributed by atoms with Crippen molar-refractivity contribution < 1.29 is 4.79 Å². The van der Waals surface area contributed by atoms with Crippen LogP contribution in [-0.2, 0) is 11.3 Å². The number of hydrogen-bond donors (Lipinski definition) is 1. The summed E-state index contributed by atoms with van der Waals surface area (Å²) in [7, 11) is 0. The van der Waals surface area contributed by atoms with Crippen LogP contribution in [0.5, 0.6) is 0 Å². The van der Waals surface area contributed by atoms with Gasteiger partial charge in [-0.05, 0) is 43.4 Å². The lowest BCUT2D eigenvalue weighted by Crippen LogP contribution is -2.29. The maximum atomic E-state index is 12.1. The molecule has 0 radical (unpaired) electrons. The Bertz CT molecular complexity index is 745. The molecular weight excluding hydrogens is 276 g/mol. The smallest absolute Gasteiger partial charge is 0.239 e. The molecule has 22 heavy (non-hydrogen) atoms. The molecule has 0 saturated carbocycles. The zero-order valence-corrected chi connectivity index (χ0v) is 13.8. The standard InChI is InChI=1S/C18H24N2O2/c1-12(2)5-7-19-17(22)11-20-8-6-16(21)18-14(4)9-13(3)10-15(18)20/h6,8-10,12H,5,7,11H2,1-4H3,(H,19,22). The number of carbonyl (C=O) groups is 1. The van der Waals surface area contributed by atoms with Gasteiger partial charge in [0.1, 0.15) is 6.54 Å². The second-order valence-corrected chi connectivity index (χ2v) is 6.32. The number of fused-ring (bicyclic) bond motifs is 1. The van der Waals surface area contributed by atoms with Crippen LogP contribution in [0.2, 0.25) is 0 Å². The molecule has 2 rings (SSSR count). The lowest BCUT2D eigenvalue weighted by molar-refractivity contribution is -0.121. The van der Waals surface area contributed by atoms with Crippen LogP contribution in [0, 0.1) is 19.8 Å². The summed E-state index contributed by atoms with van der Waals surface area (Å²) in [5, 5.41) is 3.63. The Kier molecular flexibility index (Phi) is 5.01. The zero-order valence-electron chi connectivity index (χ0n) is 13.8. The van der Waals surface area contributed by atoms with Crippen LogP contribution in [0.15, 0.2) is 29.2 Å². The fourth-order valence-corrected chi connectivity index (χ4v) is 2.66. The number of nitrogens with zero attached hydrogens (tertiary/aromatic N) is 1. The van der Waals surface area contributed by atoms with E-state index in [0.717, 1.165) is 23.1 Å². The van der Waals surface area contributed by atoms with Crippen LogP contribution in [0.1, 0.15) is 31.4 Å². The van der Waals surface area contributed by atoms with Gasteiger partial charge in [0.15, 0.2) is 5.43 Å². The molecule has 1 aromatic carbocycles. The van der Waals surface area contributed by atoms with Crippen molar-refractivity contribution in [2.45, 2.75) is 40.7 Å². The normalized spacial score (nSPS) is 11.1. The number of aromatic nitrogens is 1. The minimum Gasteiger partial charge on any atom is -0.355 e. The van der Waals surface area contributed by atoms with Crippen LogP contribution in [0.25, 0.3) is 10.9 Å². The molecular formula is C18H24N2O2. The van der Waals surface area contributed by atoms with Crippen molar-refractivity contribution in [3.63, 3.8) is 0 Å². The van der Waals surface area contributed by atoms with Crippen LogP contribution in [-0.4, -0.2) is 17.0 Å². The Morgan fingerprint density at radius 2 is 2.00 bits per heavy atom. The topological polar surface area (TPSA) is 51.1 Å². The first-order chi connectivity index (χ1) is 10.4. The predicted octanol–water partition coefficient (Wildman–Crippen LogP) is 2.78. The van der Waals surface area contributed by atoms with Crippen molar-refractivity contribution in [2.24, 2.45) is 5.92 Å². The van der Waals surface area contributed by atoms with Gasteiger partial charge < -0.3 is 9.88 Å². The molecule has 0 spiro atoms. The van der Waals surface area contributed by atoms with Crippen LogP contribution in [0.4, 0.5) is 0 Å². The van der Waals surface area contributed by atoms with Crippen molar-refractivity contribution in [3.8, 4) is 0 Å². The maximum absolute atomic E-state index is 12.1. The van der Waals surface area contributed by atoms with Gasteiger partial charge in [0.25, 0.3) is 0 Å². The first kappa shape index (κ1) is 16.3. The van der Waals surface area contributed by atoms with Gasteiger partial charge in [-0.1, -0.05) is 19.9 Å². The second kappa shape index (κ2) is 6.77. The maximum Gasteiger partial charge on any atom is 0.239 e. The quantitative estimate of drug-likeness (QED) is 0.923. The highest BCUT2D eigenvalue weighted by Gasteiger charge is 2.09. The molecule has 0 saturated heterocycles. The summed E-state index contributed by atoms with van der Waals surface area (Å²) < 4.78 is 1.85. The molecule has 4 nitrogen and oxygen atoms in total. The van der Waals surface area contributed by atoms with Crippen LogP contribution >= 0.6 is 0 Å². The molecule has 0 unspecified atom stereocenters. The molecule has 0 bridgehead atoms. The Morgan fingerprint density at radius 3 is 2.68 bits per heavy atom. The van der Waals surface area contributed by atoms with Gasteiger partial charge >= 0.3 is 0 Å². The van der Waals surface area contributed by atoms with Crippen LogP contribution < -0.4 is 10.7 Å². The molecule has 0 aliphatic rings. The van der Waals surface area contributed by atoms with Gasteiger partial charge in [-0.3, -0.25) is 9.59 Å². The summed E-state index contributed by atoms with van der Waals surface area (Å²) in [4.78, 5) is 24.2. The number of amides is 1. The summed E-state index contributed by atoms with van der Waals surface area (Å²) in [6.07, 6.45) is 2.67. The minimum atomic E-state index is -0.0234. The third kappa shape index (κ3) is 3.75. The Labute approximate surface area is 131 Å². The Balaban J connectivity index is 2.27. The summed E-state index contributed by atoms with van der Waals surface area (Å²) >= 11 is 0. The predicted molar refractivity (Wildman–Crippen MR) is 90.1 cm³/mol. The number of benzene rings is 1. The Hall–Kier alpha value is -2.10. The number of carbonyl (C=O) groups excluding carboxylic acids is 1. The van der Waals surface area contributed by atoms with Gasteiger partial charge in [0.2, 0.25) is 5.91 Å². The number of rotatable bonds is 5. The average Bonchev–Trinajstić information content (AvgIpc) is 2.40. The first-order valence-electron chi connectivity index (χ1n) is 7.75. The summed E-state index contributed by atoms with van der Waals surface area (Å²) in [5.74, 6) is 0.545. The third-order valence-electron chi connectivity index (χ3n) is 3.78. The fraction of sp³-hybridized carbons (Fsp3) is 0.444. The molecule has 4 heteroatoms. The summed E-state index contributed by atoms with van der Waals surface area (Å²) in [6, 6.07) is 5.49. The van der Waals surface area contributed by atoms with Crippen molar-refractivity contribution in [3.05, 3.63) is 45.7 Å². The SMILES string of the molecule is Cc1cc(C)c2c(=O)ccn(CC(=O)NCCC(C)C)c2c1. The van der Waals surface area contributed by atoms with E-state index in [4.69, 9.17) is 0 Å². The first-order valence-corrected chi connectivity index (χ1v) is 7.75. The summed E-state index contributed by atoms with van der Waals surface area (Å²) in [6.45, 7) is 9.12. The van der Waals surface area contributed by atoms with E-state index in [1.807, 2.05) is 30.5 Å². The van der Waals surface area contributed by atoms with Crippen molar-refractivity contribution in [1.82, 2.24) is 9.88 Å². The second-order valence-electron chi connectivity index (χ2n) is 6.32.